The maximum absolute atomic E-state index is 14.4. The van der Waals surface area contributed by atoms with Crippen molar-refractivity contribution < 1.29 is 23.5 Å². The number of ether oxygens (including phenoxy) is 2. The van der Waals surface area contributed by atoms with E-state index in [1.165, 1.54) is 13.2 Å². The summed E-state index contributed by atoms with van der Waals surface area (Å²) < 4.78 is 24.4. The Morgan fingerprint density at radius 2 is 2.03 bits per heavy atom. The molecule has 35 heavy (non-hydrogen) atoms. The maximum Gasteiger partial charge on any atom is 0.315 e. The van der Waals surface area contributed by atoms with E-state index in [1.54, 1.807) is 17.9 Å². The monoisotopic (exact) mass is 475 g/mol. The molecule has 5 rings (SSSR count). The number of pyridine rings is 1. The van der Waals surface area contributed by atoms with E-state index in [2.05, 4.69) is 11.1 Å². The van der Waals surface area contributed by atoms with Gasteiger partial charge < -0.3 is 19.4 Å². The summed E-state index contributed by atoms with van der Waals surface area (Å²) in [5, 5.41) is 2.18. The van der Waals surface area contributed by atoms with Crippen LogP contribution in [0.15, 0.2) is 42.5 Å². The number of aromatic nitrogens is 2. The molecule has 0 saturated heterocycles. The van der Waals surface area contributed by atoms with Crippen LogP contribution in [-0.4, -0.2) is 47.0 Å². The van der Waals surface area contributed by atoms with Crippen LogP contribution in [0.5, 0.6) is 5.75 Å². The Morgan fingerprint density at radius 3 is 2.80 bits per heavy atom. The first-order chi connectivity index (χ1) is 17.0. The molecule has 0 saturated carbocycles. The van der Waals surface area contributed by atoms with Crippen molar-refractivity contribution in [3.63, 3.8) is 0 Å². The lowest BCUT2D eigenvalue weighted by Crippen LogP contribution is -2.38. The van der Waals surface area contributed by atoms with Gasteiger partial charge in [-0.25, -0.2) is 4.39 Å². The summed E-state index contributed by atoms with van der Waals surface area (Å²) in [5.41, 5.74) is 5.37. The summed E-state index contributed by atoms with van der Waals surface area (Å²) in [5.74, 6) is -1.02. The first-order valence-corrected chi connectivity index (χ1v) is 11.6. The minimum absolute atomic E-state index is 0.193. The zero-order chi connectivity index (χ0) is 24.5. The minimum atomic E-state index is -0.523. The summed E-state index contributed by atoms with van der Waals surface area (Å²) in [6.07, 6.45) is 0.761. The Bertz CT molecular complexity index is 1450. The fraction of sp³-hybridized carbons (Fsp3) is 0.296. The highest BCUT2D eigenvalue weighted by molar-refractivity contribution is 6.10. The summed E-state index contributed by atoms with van der Waals surface area (Å²) >= 11 is 0. The molecule has 4 aromatic rings. The first kappa shape index (κ1) is 22.8. The van der Waals surface area contributed by atoms with E-state index in [0.29, 0.717) is 25.9 Å². The van der Waals surface area contributed by atoms with Crippen LogP contribution in [-0.2, 0) is 33.7 Å². The third kappa shape index (κ3) is 4.32. The number of hydrogen-bond donors (Lipinski definition) is 1. The van der Waals surface area contributed by atoms with Crippen LogP contribution in [0.2, 0.25) is 0 Å². The molecule has 0 fully saturated rings. The standard InChI is InChI=1S/C27H26FN3O4/c1-3-35-25(33)14-24(32)31-11-10-18-22(15-31)29-21(13-16-8-9-23(34-2)19(28)12-16)27-26(18)17-6-4-5-7-20(17)30-27/h4-9,12,30H,3,10-11,13-15H2,1-2H3. The number of amides is 1. The molecular formula is C27H26FN3O4. The highest BCUT2D eigenvalue weighted by Gasteiger charge is 2.27. The number of carbonyl (C=O) groups excluding carboxylic acids is 2. The fourth-order valence-electron chi connectivity index (χ4n) is 4.81. The Labute approximate surface area is 201 Å². The molecule has 7 nitrogen and oxygen atoms in total. The predicted molar refractivity (Wildman–Crippen MR) is 130 cm³/mol. The van der Waals surface area contributed by atoms with E-state index >= 15 is 0 Å². The van der Waals surface area contributed by atoms with Crippen LogP contribution < -0.4 is 4.74 Å². The first-order valence-electron chi connectivity index (χ1n) is 11.6. The van der Waals surface area contributed by atoms with Gasteiger partial charge in [0, 0.05) is 29.3 Å². The second kappa shape index (κ2) is 9.37. The quantitative estimate of drug-likeness (QED) is 0.332. The van der Waals surface area contributed by atoms with Crippen LogP contribution in [0.25, 0.3) is 21.8 Å². The Kier molecular flexibility index (Phi) is 6.11. The van der Waals surface area contributed by atoms with Crippen molar-refractivity contribution in [3.05, 3.63) is 70.8 Å². The number of H-pyrrole nitrogens is 1. The number of aromatic amines is 1. The van der Waals surface area contributed by atoms with Crippen molar-refractivity contribution in [1.29, 1.82) is 0 Å². The third-order valence-corrected chi connectivity index (χ3v) is 6.43. The smallest absolute Gasteiger partial charge is 0.315 e. The van der Waals surface area contributed by atoms with Crippen molar-refractivity contribution in [2.24, 2.45) is 0 Å². The number of rotatable bonds is 6. The van der Waals surface area contributed by atoms with Crippen LogP contribution in [0.4, 0.5) is 4.39 Å². The molecule has 1 aliphatic rings. The molecule has 2 aromatic carbocycles. The number of carbonyl (C=O) groups is 2. The molecule has 1 N–H and O–H groups in total. The highest BCUT2D eigenvalue weighted by Crippen LogP contribution is 2.35. The van der Waals surface area contributed by atoms with E-state index in [1.807, 2.05) is 24.3 Å². The predicted octanol–water partition coefficient (Wildman–Crippen LogP) is 4.29. The lowest BCUT2D eigenvalue weighted by molar-refractivity contribution is -0.149. The number of esters is 1. The van der Waals surface area contributed by atoms with Crippen molar-refractivity contribution in [2.45, 2.75) is 32.7 Å². The van der Waals surface area contributed by atoms with Gasteiger partial charge in [0.2, 0.25) is 5.91 Å². The molecule has 0 radical (unpaired) electrons. The summed E-state index contributed by atoms with van der Waals surface area (Å²) in [4.78, 5) is 34.7. The fourth-order valence-corrected chi connectivity index (χ4v) is 4.81. The van der Waals surface area contributed by atoms with Gasteiger partial charge in [0.15, 0.2) is 11.6 Å². The normalized spacial score (nSPS) is 13.2. The van der Waals surface area contributed by atoms with Crippen molar-refractivity contribution >= 4 is 33.7 Å². The number of benzene rings is 2. The number of halogens is 1. The Hall–Kier alpha value is -3.94. The van der Waals surface area contributed by atoms with Crippen molar-refractivity contribution in [3.8, 4) is 5.75 Å². The SMILES string of the molecule is CCOC(=O)CC(=O)N1CCc2c(nc(Cc3ccc(OC)c(F)c3)c3[nH]c4ccccc4c23)C1. The van der Waals surface area contributed by atoms with Crippen LogP contribution in [0, 0.1) is 5.82 Å². The molecule has 3 heterocycles. The number of nitrogens with zero attached hydrogens (tertiary/aromatic N) is 2. The van der Waals surface area contributed by atoms with Gasteiger partial charge in [0.25, 0.3) is 0 Å². The number of nitrogens with one attached hydrogen (secondary N) is 1. The molecule has 2 aromatic heterocycles. The third-order valence-electron chi connectivity index (χ3n) is 6.43. The lowest BCUT2D eigenvalue weighted by Gasteiger charge is -2.29. The summed E-state index contributed by atoms with van der Waals surface area (Å²) in [7, 11) is 1.44. The number of fused-ring (bicyclic) bond motifs is 5. The molecule has 0 aliphatic carbocycles. The average molecular weight is 476 g/mol. The summed E-state index contributed by atoms with van der Waals surface area (Å²) in [6, 6.07) is 13.0. The van der Waals surface area contributed by atoms with Crippen LogP contribution >= 0.6 is 0 Å². The molecule has 180 valence electrons. The van der Waals surface area contributed by atoms with E-state index in [-0.39, 0.29) is 24.7 Å². The Balaban J connectivity index is 1.56. The molecule has 1 aliphatic heterocycles. The zero-order valence-corrected chi connectivity index (χ0v) is 19.7. The van der Waals surface area contributed by atoms with Gasteiger partial charge in [-0.3, -0.25) is 14.6 Å². The molecule has 0 unspecified atom stereocenters. The van der Waals surface area contributed by atoms with Crippen LogP contribution in [0.3, 0.4) is 0 Å². The Morgan fingerprint density at radius 1 is 1.20 bits per heavy atom. The molecule has 0 spiro atoms. The van der Waals surface area contributed by atoms with Crippen molar-refractivity contribution in [2.75, 3.05) is 20.3 Å². The van der Waals surface area contributed by atoms with Crippen LogP contribution in [0.1, 0.15) is 35.9 Å². The van der Waals surface area contributed by atoms with Crippen molar-refractivity contribution in [1.82, 2.24) is 14.9 Å². The molecular weight excluding hydrogens is 449 g/mol. The average Bonchev–Trinajstić information content (AvgIpc) is 3.24. The summed E-state index contributed by atoms with van der Waals surface area (Å²) in [6.45, 7) is 2.77. The van der Waals surface area contributed by atoms with Gasteiger partial charge in [0.1, 0.15) is 6.42 Å². The number of hydrogen-bond acceptors (Lipinski definition) is 5. The lowest BCUT2D eigenvalue weighted by atomic mass is 9.96. The largest absolute Gasteiger partial charge is 0.494 e. The zero-order valence-electron chi connectivity index (χ0n) is 19.7. The van der Waals surface area contributed by atoms with Gasteiger partial charge in [-0.1, -0.05) is 24.3 Å². The molecule has 1 amide bonds. The van der Waals surface area contributed by atoms with E-state index < -0.39 is 11.8 Å². The second-order valence-corrected chi connectivity index (χ2v) is 8.60. The maximum atomic E-state index is 14.4. The molecule has 0 bridgehead atoms. The second-order valence-electron chi connectivity index (χ2n) is 8.60. The number of methoxy groups -OCH3 is 1. The molecule has 0 atom stereocenters. The highest BCUT2D eigenvalue weighted by atomic mass is 19.1. The number of para-hydroxylation sites is 1. The molecule has 8 heteroatoms. The minimum Gasteiger partial charge on any atom is -0.494 e. The topological polar surface area (TPSA) is 84.5 Å². The van der Waals surface area contributed by atoms with E-state index in [0.717, 1.165) is 44.3 Å². The van der Waals surface area contributed by atoms with Gasteiger partial charge in [-0.2, -0.15) is 0 Å². The van der Waals surface area contributed by atoms with E-state index in [9.17, 15) is 14.0 Å². The van der Waals surface area contributed by atoms with Gasteiger partial charge in [-0.15, -0.1) is 0 Å². The van der Waals surface area contributed by atoms with E-state index in [4.69, 9.17) is 14.5 Å². The van der Waals surface area contributed by atoms with Gasteiger partial charge in [-0.05, 0) is 42.7 Å². The van der Waals surface area contributed by atoms with Gasteiger partial charge in [0.05, 0.1) is 37.2 Å². The van der Waals surface area contributed by atoms with Gasteiger partial charge >= 0.3 is 5.97 Å².